The normalized spacial score (nSPS) is 12.4. The molecule has 2 aromatic rings. The van der Waals surface area contributed by atoms with E-state index in [0.29, 0.717) is 6.61 Å². The number of aliphatic hydroxyl groups is 1. The second kappa shape index (κ2) is 5.29. The summed E-state index contributed by atoms with van der Waals surface area (Å²) in [6, 6.07) is 7.52. The van der Waals surface area contributed by atoms with Gasteiger partial charge in [-0.3, -0.25) is 0 Å². The Labute approximate surface area is 105 Å². The van der Waals surface area contributed by atoms with Crippen molar-refractivity contribution in [3.8, 4) is 5.75 Å². The van der Waals surface area contributed by atoms with E-state index in [2.05, 4.69) is 4.98 Å². The Morgan fingerprint density at radius 3 is 2.94 bits per heavy atom. The van der Waals surface area contributed by atoms with Crippen molar-refractivity contribution in [2.45, 2.75) is 26.6 Å². The third-order valence-corrected chi connectivity index (χ3v) is 3.28. The molecular weight excluding hydrogens is 234 g/mol. The average Bonchev–Trinajstić information content (AvgIpc) is 2.73. The summed E-state index contributed by atoms with van der Waals surface area (Å²) in [6.07, 6.45) is 1.36. The quantitative estimate of drug-likeness (QED) is 0.905. The summed E-state index contributed by atoms with van der Waals surface area (Å²) in [6.45, 7) is 4.24. The van der Waals surface area contributed by atoms with Crippen molar-refractivity contribution in [1.29, 1.82) is 0 Å². The molecule has 2 rings (SSSR count). The van der Waals surface area contributed by atoms with E-state index in [0.717, 1.165) is 21.2 Å². The van der Waals surface area contributed by atoms with Gasteiger partial charge in [-0.15, -0.1) is 11.3 Å². The zero-order valence-electron chi connectivity index (χ0n) is 9.88. The standard InChI is InChI=1S/C13H15NO2S/c1-9(15)11-4-3-5-12(6-11)16-8-13-7-14-10(2)17-13/h3-7,9,15H,8H2,1-2H3/t9-/m1/s1. The van der Waals surface area contributed by atoms with E-state index >= 15 is 0 Å². The van der Waals surface area contributed by atoms with Crippen LogP contribution in [0.3, 0.4) is 0 Å². The minimum Gasteiger partial charge on any atom is -0.488 e. The highest BCUT2D eigenvalue weighted by Gasteiger charge is 2.03. The lowest BCUT2D eigenvalue weighted by Crippen LogP contribution is -1.95. The fourth-order valence-corrected chi connectivity index (χ4v) is 2.20. The molecule has 4 heteroatoms. The fraction of sp³-hybridized carbons (Fsp3) is 0.308. The molecule has 1 heterocycles. The maximum absolute atomic E-state index is 9.47. The third-order valence-electron chi connectivity index (χ3n) is 2.39. The van der Waals surface area contributed by atoms with Gasteiger partial charge in [-0.25, -0.2) is 4.98 Å². The summed E-state index contributed by atoms with van der Waals surface area (Å²) in [4.78, 5) is 5.28. The molecule has 0 amide bonds. The zero-order valence-corrected chi connectivity index (χ0v) is 10.7. The van der Waals surface area contributed by atoms with Gasteiger partial charge in [-0.1, -0.05) is 12.1 Å². The van der Waals surface area contributed by atoms with Crippen LogP contribution in [0, 0.1) is 6.92 Å². The summed E-state index contributed by atoms with van der Waals surface area (Å²) in [7, 11) is 0. The molecule has 0 aliphatic heterocycles. The summed E-state index contributed by atoms with van der Waals surface area (Å²) < 4.78 is 5.66. The van der Waals surface area contributed by atoms with Crippen LogP contribution in [0.15, 0.2) is 30.5 Å². The Kier molecular flexibility index (Phi) is 3.76. The molecule has 1 atom stereocenters. The maximum atomic E-state index is 9.47. The van der Waals surface area contributed by atoms with Gasteiger partial charge in [0.05, 0.1) is 16.0 Å². The van der Waals surface area contributed by atoms with Gasteiger partial charge in [0.15, 0.2) is 0 Å². The monoisotopic (exact) mass is 249 g/mol. The highest BCUT2D eigenvalue weighted by molar-refractivity contribution is 7.11. The molecule has 90 valence electrons. The van der Waals surface area contributed by atoms with E-state index in [1.807, 2.05) is 37.4 Å². The van der Waals surface area contributed by atoms with Crippen LogP contribution in [0.1, 0.15) is 28.5 Å². The lowest BCUT2D eigenvalue weighted by atomic mass is 10.1. The smallest absolute Gasteiger partial charge is 0.124 e. The van der Waals surface area contributed by atoms with Crippen LogP contribution in [-0.4, -0.2) is 10.1 Å². The molecule has 0 aliphatic rings. The van der Waals surface area contributed by atoms with Gasteiger partial charge in [0.1, 0.15) is 12.4 Å². The first-order valence-electron chi connectivity index (χ1n) is 5.47. The minimum atomic E-state index is -0.468. The Hall–Kier alpha value is -1.39. The van der Waals surface area contributed by atoms with Crippen LogP contribution in [0.2, 0.25) is 0 Å². The number of thiazole rings is 1. The van der Waals surface area contributed by atoms with Crippen LogP contribution in [-0.2, 0) is 6.61 Å². The van der Waals surface area contributed by atoms with E-state index in [1.165, 1.54) is 0 Å². The van der Waals surface area contributed by atoms with Gasteiger partial charge in [0, 0.05) is 6.20 Å². The predicted molar refractivity (Wildman–Crippen MR) is 68.3 cm³/mol. The van der Waals surface area contributed by atoms with Crippen molar-refractivity contribution in [1.82, 2.24) is 4.98 Å². The molecule has 0 saturated heterocycles. The summed E-state index contributed by atoms with van der Waals surface area (Å²) in [5.74, 6) is 0.773. The highest BCUT2D eigenvalue weighted by Crippen LogP contribution is 2.20. The van der Waals surface area contributed by atoms with Crippen molar-refractivity contribution < 1.29 is 9.84 Å². The molecule has 1 N–H and O–H groups in total. The Balaban J connectivity index is 2.01. The molecule has 0 fully saturated rings. The number of aryl methyl sites for hydroxylation is 1. The number of ether oxygens (including phenoxy) is 1. The molecular formula is C13H15NO2S. The predicted octanol–water partition coefficient (Wildman–Crippen LogP) is 3.08. The van der Waals surface area contributed by atoms with Gasteiger partial charge in [0.2, 0.25) is 0 Å². The number of aromatic nitrogens is 1. The molecule has 0 radical (unpaired) electrons. The molecule has 1 aromatic carbocycles. The largest absolute Gasteiger partial charge is 0.488 e. The summed E-state index contributed by atoms with van der Waals surface area (Å²) in [5, 5.41) is 10.5. The molecule has 0 saturated carbocycles. The van der Waals surface area contributed by atoms with Gasteiger partial charge in [-0.2, -0.15) is 0 Å². The number of nitrogens with zero attached hydrogens (tertiary/aromatic N) is 1. The van der Waals surface area contributed by atoms with E-state index in [1.54, 1.807) is 18.3 Å². The number of rotatable bonds is 4. The summed E-state index contributed by atoms with van der Waals surface area (Å²) in [5.41, 5.74) is 0.864. The van der Waals surface area contributed by atoms with Crippen LogP contribution >= 0.6 is 11.3 Å². The average molecular weight is 249 g/mol. The molecule has 3 nitrogen and oxygen atoms in total. The lowest BCUT2D eigenvalue weighted by molar-refractivity contribution is 0.198. The van der Waals surface area contributed by atoms with Crippen molar-refractivity contribution in [2.24, 2.45) is 0 Å². The molecule has 0 bridgehead atoms. The second-order valence-corrected chi connectivity index (χ2v) is 5.20. The number of hydrogen-bond acceptors (Lipinski definition) is 4. The third kappa shape index (κ3) is 3.28. The van der Waals surface area contributed by atoms with E-state index in [4.69, 9.17) is 4.74 Å². The first-order valence-corrected chi connectivity index (χ1v) is 6.29. The van der Waals surface area contributed by atoms with Crippen LogP contribution in [0.5, 0.6) is 5.75 Å². The SMILES string of the molecule is Cc1ncc(COc2cccc([C@@H](C)O)c2)s1. The molecule has 0 aliphatic carbocycles. The van der Waals surface area contributed by atoms with Gasteiger partial charge < -0.3 is 9.84 Å². The van der Waals surface area contributed by atoms with E-state index in [-0.39, 0.29) is 0 Å². The fourth-order valence-electron chi connectivity index (χ4n) is 1.49. The minimum absolute atomic E-state index is 0.468. The Morgan fingerprint density at radius 2 is 2.29 bits per heavy atom. The molecule has 17 heavy (non-hydrogen) atoms. The topological polar surface area (TPSA) is 42.4 Å². The van der Waals surface area contributed by atoms with Crippen molar-refractivity contribution in [3.63, 3.8) is 0 Å². The first kappa shape index (κ1) is 12.1. The number of aliphatic hydroxyl groups excluding tert-OH is 1. The zero-order chi connectivity index (χ0) is 12.3. The van der Waals surface area contributed by atoms with Crippen molar-refractivity contribution >= 4 is 11.3 Å². The van der Waals surface area contributed by atoms with Gasteiger partial charge in [0.25, 0.3) is 0 Å². The highest BCUT2D eigenvalue weighted by atomic mass is 32.1. The second-order valence-electron chi connectivity index (χ2n) is 3.88. The molecule has 0 spiro atoms. The van der Waals surface area contributed by atoms with Crippen LogP contribution in [0.4, 0.5) is 0 Å². The van der Waals surface area contributed by atoms with Gasteiger partial charge >= 0.3 is 0 Å². The van der Waals surface area contributed by atoms with Crippen molar-refractivity contribution in [2.75, 3.05) is 0 Å². The lowest BCUT2D eigenvalue weighted by Gasteiger charge is -2.08. The molecule has 0 unspecified atom stereocenters. The van der Waals surface area contributed by atoms with Gasteiger partial charge in [-0.05, 0) is 31.5 Å². The van der Waals surface area contributed by atoms with Crippen LogP contribution in [0.25, 0.3) is 0 Å². The Morgan fingerprint density at radius 1 is 1.47 bits per heavy atom. The Bertz CT molecular complexity index is 494. The molecule has 1 aromatic heterocycles. The number of benzene rings is 1. The van der Waals surface area contributed by atoms with E-state index in [9.17, 15) is 5.11 Å². The number of hydrogen-bond donors (Lipinski definition) is 1. The van der Waals surface area contributed by atoms with Crippen molar-refractivity contribution in [3.05, 3.63) is 45.9 Å². The summed E-state index contributed by atoms with van der Waals surface area (Å²) >= 11 is 1.63. The van der Waals surface area contributed by atoms with E-state index < -0.39 is 6.10 Å². The van der Waals surface area contributed by atoms with Crippen LogP contribution < -0.4 is 4.74 Å². The first-order chi connectivity index (χ1) is 8.15. The maximum Gasteiger partial charge on any atom is 0.124 e.